The molecule has 0 unspecified atom stereocenters. The molecule has 0 aliphatic heterocycles. The highest BCUT2D eigenvalue weighted by Crippen LogP contribution is 2.32. The maximum Gasteiger partial charge on any atom is 0.167 e. The molecule has 0 bridgehead atoms. The first kappa shape index (κ1) is 14.0. The van der Waals surface area contributed by atoms with Gasteiger partial charge in [0.05, 0.1) is 25.1 Å². The lowest BCUT2D eigenvalue weighted by molar-refractivity contribution is 0.321. The van der Waals surface area contributed by atoms with Crippen molar-refractivity contribution in [2.24, 2.45) is 0 Å². The first-order valence-corrected chi connectivity index (χ1v) is 6.27. The zero-order chi connectivity index (χ0) is 14.5. The Labute approximate surface area is 117 Å². The molecule has 3 N–H and O–H groups in total. The van der Waals surface area contributed by atoms with E-state index in [1.807, 2.05) is 13.0 Å². The Kier molecular flexibility index (Phi) is 4.30. The molecule has 0 saturated heterocycles. The van der Waals surface area contributed by atoms with Gasteiger partial charge in [0.2, 0.25) is 0 Å². The lowest BCUT2D eigenvalue weighted by Gasteiger charge is -2.13. The maximum absolute atomic E-state index is 13.8. The molecule has 0 aliphatic rings. The van der Waals surface area contributed by atoms with Gasteiger partial charge in [-0.2, -0.15) is 0 Å². The molecule has 20 heavy (non-hydrogen) atoms. The van der Waals surface area contributed by atoms with Crippen molar-refractivity contribution in [2.45, 2.75) is 6.92 Å². The number of halogens is 1. The zero-order valence-electron chi connectivity index (χ0n) is 11.4. The van der Waals surface area contributed by atoms with Crippen molar-refractivity contribution in [3.63, 3.8) is 0 Å². The summed E-state index contributed by atoms with van der Waals surface area (Å²) >= 11 is 0. The van der Waals surface area contributed by atoms with Crippen LogP contribution in [-0.4, -0.2) is 13.7 Å². The monoisotopic (exact) mass is 276 g/mol. The first-order valence-electron chi connectivity index (χ1n) is 6.27. The van der Waals surface area contributed by atoms with Crippen molar-refractivity contribution >= 4 is 17.1 Å². The number of anilines is 3. The van der Waals surface area contributed by atoms with E-state index >= 15 is 0 Å². The lowest BCUT2D eigenvalue weighted by atomic mass is 10.2. The van der Waals surface area contributed by atoms with Gasteiger partial charge in [-0.3, -0.25) is 0 Å². The molecule has 106 valence electrons. The highest BCUT2D eigenvalue weighted by Gasteiger charge is 2.08. The quantitative estimate of drug-likeness (QED) is 0.820. The molecular formula is C15H17FN2O2. The topological polar surface area (TPSA) is 56.5 Å². The number of nitrogens with one attached hydrogen (secondary N) is 1. The van der Waals surface area contributed by atoms with E-state index in [0.29, 0.717) is 29.4 Å². The molecule has 0 saturated carbocycles. The molecule has 0 heterocycles. The Hall–Kier alpha value is -2.43. The van der Waals surface area contributed by atoms with Crippen LogP contribution in [0.2, 0.25) is 0 Å². The molecule has 5 heteroatoms. The predicted molar refractivity (Wildman–Crippen MR) is 78.3 cm³/mol. The van der Waals surface area contributed by atoms with Gasteiger partial charge in [-0.25, -0.2) is 4.39 Å². The molecule has 2 aromatic carbocycles. The van der Waals surface area contributed by atoms with Gasteiger partial charge < -0.3 is 20.5 Å². The van der Waals surface area contributed by atoms with Crippen LogP contribution >= 0.6 is 0 Å². The number of nitrogen functional groups attached to an aromatic ring is 1. The Bertz CT molecular complexity index is 602. The van der Waals surface area contributed by atoms with Crippen molar-refractivity contribution in [2.75, 3.05) is 24.8 Å². The summed E-state index contributed by atoms with van der Waals surface area (Å²) in [5, 5.41) is 3.06. The molecule has 2 aromatic rings. The number of benzene rings is 2. The second-order valence-electron chi connectivity index (χ2n) is 4.12. The minimum atomic E-state index is -0.418. The molecule has 2 rings (SSSR count). The van der Waals surface area contributed by atoms with Gasteiger partial charge in [-0.15, -0.1) is 0 Å². The zero-order valence-corrected chi connectivity index (χ0v) is 11.4. The van der Waals surface area contributed by atoms with E-state index in [1.165, 1.54) is 6.07 Å². The van der Waals surface area contributed by atoms with E-state index in [0.717, 1.165) is 0 Å². The average molecular weight is 276 g/mol. The summed E-state index contributed by atoms with van der Waals surface area (Å²) in [6, 6.07) is 10.0. The third-order valence-corrected chi connectivity index (χ3v) is 2.80. The molecule has 0 radical (unpaired) electrons. The smallest absolute Gasteiger partial charge is 0.167 e. The number of ether oxygens (including phenoxy) is 2. The number of rotatable bonds is 5. The van der Waals surface area contributed by atoms with Crippen LogP contribution in [-0.2, 0) is 0 Å². The number of nitrogens with two attached hydrogens (primary N) is 1. The second-order valence-corrected chi connectivity index (χ2v) is 4.12. The molecule has 4 nitrogen and oxygen atoms in total. The van der Waals surface area contributed by atoms with Crippen LogP contribution in [0.25, 0.3) is 0 Å². The van der Waals surface area contributed by atoms with E-state index in [9.17, 15) is 4.39 Å². The van der Waals surface area contributed by atoms with Crippen molar-refractivity contribution in [3.8, 4) is 11.5 Å². The predicted octanol–water partition coefficient (Wildman–Crippen LogP) is 3.56. The summed E-state index contributed by atoms with van der Waals surface area (Å²) in [5.41, 5.74) is 7.68. The first-order chi connectivity index (χ1) is 9.65. The van der Waals surface area contributed by atoms with Crippen LogP contribution in [0.5, 0.6) is 11.5 Å². The number of methoxy groups -OCH3 is 1. The number of hydrogen-bond donors (Lipinski definition) is 2. The fourth-order valence-corrected chi connectivity index (χ4v) is 1.84. The number of hydrogen-bond acceptors (Lipinski definition) is 4. The van der Waals surface area contributed by atoms with E-state index in [2.05, 4.69) is 5.32 Å². The minimum Gasteiger partial charge on any atom is -0.495 e. The van der Waals surface area contributed by atoms with Crippen LogP contribution in [0.3, 0.4) is 0 Å². The summed E-state index contributed by atoms with van der Waals surface area (Å²) in [6.07, 6.45) is 0. The second kappa shape index (κ2) is 6.14. The normalized spacial score (nSPS) is 10.2. The van der Waals surface area contributed by atoms with Crippen LogP contribution in [0.4, 0.5) is 21.5 Å². The SMILES string of the molecule is CCOc1ccc(Nc2cccc(OC)c2N)cc1F. The molecule has 0 amide bonds. The van der Waals surface area contributed by atoms with Crippen molar-refractivity contribution < 1.29 is 13.9 Å². The Morgan fingerprint density at radius 3 is 2.65 bits per heavy atom. The van der Waals surface area contributed by atoms with Crippen LogP contribution in [0.15, 0.2) is 36.4 Å². The Balaban J connectivity index is 2.24. The van der Waals surface area contributed by atoms with Gasteiger partial charge in [-0.05, 0) is 31.2 Å². The highest BCUT2D eigenvalue weighted by atomic mass is 19.1. The van der Waals surface area contributed by atoms with Crippen LogP contribution in [0, 0.1) is 5.82 Å². The summed E-state index contributed by atoms with van der Waals surface area (Å²) in [7, 11) is 1.55. The van der Waals surface area contributed by atoms with Crippen molar-refractivity contribution in [3.05, 3.63) is 42.2 Å². The maximum atomic E-state index is 13.8. The van der Waals surface area contributed by atoms with Gasteiger partial charge in [0.25, 0.3) is 0 Å². The third-order valence-electron chi connectivity index (χ3n) is 2.80. The van der Waals surface area contributed by atoms with Gasteiger partial charge in [0.15, 0.2) is 11.6 Å². The molecular weight excluding hydrogens is 259 g/mol. The highest BCUT2D eigenvalue weighted by molar-refractivity contribution is 5.77. The third kappa shape index (κ3) is 2.93. The fraction of sp³-hybridized carbons (Fsp3) is 0.200. The summed E-state index contributed by atoms with van der Waals surface area (Å²) in [4.78, 5) is 0. The summed E-state index contributed by atoms with van der Waals surface area (Å²) in [6.45, 7) is 2.23. The minimum absolute atomic E-state index is 0.233. The molecule has 0 fully saturated rings. The molecule has 0 aliphatic carbocycles. The average Bonchev–Trinajstić information content (AvgIpc) is 2.44. The van der Waals surface area contributed by atoms with Crippen LogP contribution in [0.1, 0.15) is 6.92 Å². The van der Waals surface area contributed by atoms with Crippen molar-refractivity contribution in [1.82, 2.24) is 0 Å². The van der Waals surface area contributed by atoms with Crippen LogP contribution < -0.4 is 20.5 Å². The van der Waals surface area contributed by atoms with E-state index in [-0.39, 0.29) is 5.75 Å². The molecule has 0 atom stereocenters. The van der Waals surface area contributed by atoms with Gasteiger partial charge >= 0.3 is 0 Å². The van der Waals surface area contributed by atoms with Gasteiger partial charge in [0, 0.05) is 11.8 Å². The fourth-order valence-electron chi connectivity index (χ4n) is 1.84. The Morgan fingerprint density at radius 2 is 2.00 bits per heavy atom. The number of para-hydroxylation sites is 1. The Morgan fingerprint density at radius 1 is 1.20 bits per heavy atom. The molecule has 0 spiro atoms. The summed E-state index contributed by atoms with van der Waals surface area (Å²) < 4.78 is 24.1. The van der Waals surface area contributed by atoms with E-state index in [4.69, 9.17) is 15.2 Å². The largest absolute Gasteiger partial charge is 0.495 e. The lowest BCUT2D eigenvalue weighted by Crippen LogP contribution is -2.00. The van der Waals surface area contributed by atoms with Gasteiger partial charge in [-0.1, -0.05) is 6.07 Å². The van der Waals surface area contributed by atoms with Gasteiger partial charge in [0.1, 0.15) is 5.75 Å². The van der Waals surface area contributed by atoms with E-state index < -0.39 is 5.82 Å². The standard InChI is InChI=1S/C15H17FN2O2/c1-3-20-13-8-7-10(9-11(13)16)18-12-5-4-6-14(19-2)15(12)17/h4-9,18H,3,17H2,1-2H3. The summed E-state index contributed by atoms with van der Waals surface area (Å²) in [5.74, 6) is 0.386. The molecule has 0 aromatic heterocycles. The van der Waals surface area contributed by atoms with Crippen molar-refractivity contribution in [1.29, 1.82) is 0 Å². The van der Waals surface area contributed by atoms with E-state index in [1.54, 1.807) is 31.4 Å².